The number of ether oxygens (including phenoxy) is 1. The summed E-state index contributed by atoms with van der Waals surface area (Å²) < 4.78 is 30.6. The van der Waals surface area contributed by atoms with Crippen LogP contribution in [0, 0.1) is 6.92 Å². The summed E-state index contributed by atoms with van der Waals surface area (Å²) in [5.41, 5.74) is 3.22. The van der Waals surface area contributed by atoms with Gasteiger partial charge in [-0.05, 0) is 43.0 Å². The standard InChI is InChI=1S/C20H26N4O4S/c1-14-9-19(24(22-14)17-6-8-29(26,27)13-17)21-20(25)12-23-7-5-15-3-4-18(28-2)10-16(15)11-23/h3-4,9-10,17H,5-8,11-13H2,1-2H3,(H,21,25). The van der Waals surface area contributed by atoms with Gasteiger partial charge < -0.3 is 10.1 Å². The van der Waals surface area contributed by atoms with Crippen LogP contribution < -0.4 is 10.1 Å². The predicted molar refractivity (Wildman–Crippen MR) is 110 cm³/mol. The molecule has 4 rings (SSSR count). The van der Waals surface area contributed by atoms with Crippen LogP contribution in [0.4, 0.5) is 5.82 Å². The van der Waals surface area contributed by atoms with E-state index in [2.05, 4.69) is 21.4 Å². The fraction of sp³-hybridized carbons (Fsp3) is 0.500. The highest BCUT2D eigenvalue weighted by molar-refractivity contribution is 7.91. The van der Waals surface area contributed by atoms with E-state index < -0.39 is 9.84 Å². The van der Waals surface area contributed by atoms with E-state index in [9.17, 15) is 13.2 Å². The van der Waals surface area contributed by atoms with E-state index in [-0.39, 0.29) is 30.0 Å². The van der Waals surface area contributed by atoms with Crippen molar-refractivity contribution in [1.29, 1.82) is 0 Å². The summed E-state index contributed by atoms with van der Waals surface area (Å²) in [6.45, 7) is 3.61. The first-order valence-electron chi connectivity index (χ1n) is 9.77. The maximum Gasteiger partial charge on any atom is 0.239 e. The lowest BCUT2D eigenvalue weighted by Gasteiger charge is -2.28. The van der Waals surface area contributed by atoms with Gasteiger partial charge in [0, 0.05) is 19.2 Å². The number of amides is 1. The lowest BCUT2D eigenvalue weighted by molar-refractivity contribution is -0.117. The normalized spacial score (nSPS) is 21.0. The average molecular weight is 419 g/mol. The number of sulfone groups is 1. The molecular weight excluding hydrogens is 392 g/mol. The molecule has 156 valence electrons. The third-order valence-corrected chi connectivity index (χ3v) is 7.30. The van der Waals surface area contributed by atoms with Gasteiger partial charge in [0.15, 0.2) is 9.84 Å². The summed E-state index contributed by atoms with van der Waals surface area (Å²) in [6.07, 6.45) is 1.42. The zero-order valence-electron chi connectivity index (χ0n) is 16.7. The van der Waals surface area contributed by atoms with Crippen molar-refractivity contribution in [1.82, 2.24) is 14.7 Å². The van der Waals surface area contributed by atoms with Gasteiger partial charge in [0.1, 0.15) is 11.6 Å². The summed E-state index contributed by atoms with van der Waals surface area (Å²) in [5.74, 6) is 1.50. The van der Waals surface area contributed by atoms with Crippen LogP contribution in [0.3, 0.4) is 0 Å². The number of carbonyl (C=O) groups is 1. The van der Waals surface area contributed by atoms with Crippen LogP contribution in [0.5, 0.6) is 5.75 Å². The Hall–Kier alpha value is -2.39. The van der Waals surface area contributed by atoms with Gasteiger partial charge in [0.25, 0.3) is 0 Å². The number of hydrogen-bond donors (Lipinski definition) is 1. The lowest BCUT2D eigenvalue weighted by Crippen LogP contribution is -2.37. The van der Waals surface area contributed by atoms with Crippen molar-refractivity contribution < 1.29 is 17.9 Å². The summed E-state index contributed by atoms with van der Waals surface area (Å²) in [4.78, 5) is 14.8. The minimum Gasteiger partial charge on any atom is -0.497 e. The Labute approximate surface area is 170 Å². The Morgan fingerprint density at radius 1 is 1.31 bits per heavy atom. The van der Waals surface area contributed by atoms with Crippen molar-refractivity contribution >= 4 is 21.6 Å². The lowest BCUT2D eigenvalue weighted by atomic mass is 9.99. The van der Waals surface area contributed by atoms with Gasteiger partial charge in [-0.1, -0.05) is 6.07 Å². The van der Waals surface area contributed by atoms with Crippen molar-refractivity contribution in [2.24, 2.45) is 0 Å². The molecular formula is C20H26N4O4S. The number of aryl methyl sites for hydroxylation is 1. The van der Waals surface area contributed by atoms with E-state index in [0.717, 1.165) is 24.4 Å². The van der Waals surface area contributed by atoms with E-state index in [1.807, 2.05) is 19.1 Å². The Bertz CT molecular complexity index is 1030. The maximum atomic E-state index is 12.7. The fourth-order valence-corrected chi connectivity index (χ4v) is 5.79. The molecule has 0 saturated carbocycles. The minimum atomic E-state index is -3.03. The summed E-state index contributed by atoms with van der Waals surface area (Å²) >= 11 is 0. The number of hydrogen-bond acceptors (Lipinski definition) is 6. The van der Waals surface area contributed by atoms with Gasteiger partial charge in [-0.2, -0.15) is 5.10 Å². The molecule has 2 aliphatic rings. The van der Waals surface area contributed by atoms with Crippen LogP contribution in [-0.2, 0) is 27.6 Å². The highest BCUT2D eigenvalue weighted by atomic mass is 32.2. The largest absolute Gasteiger partial charge is 0.497 e. The number of anilines is 1. The molecule has 1 saturated heterocycles. The molecule has 0 bridgehead atoms. The minimum absolute atomic E-state index is 0.0712. The number of methoxy groups -OCH3 is 1. The average Bonchev–Trinajstić information content (AvgIpc) is 3.22. The number of rotatable bonds is 5. The van der Waals surface area contributed by atoms with Crippen LogP contribution in [0.2, 0.25) is 0 Å². The maximum absolute atomic E-state index is 12.7. The molecule has 1 atom stereocenters. The number of aromatic nitrogens is 2. The first-order chi connectivity index (χ1) is 13.8. The summed E-state index contributed by atoms with van der Waals surface area (Å²) in [6, 6.07) is 7.65. The summed E-state index contributed by atoms with van der Waals surface area (Å²) in [7, 11) is -1.38. The van der Waals surface area contributed by atoms with Gasteiger partial charge in [-0.15, -0.1) is 0 Å². The monoisotopic (exact) mass is 418 g/mol. The van der Waals surface area contributed by atoms with E-state index in [1.54, 1.807) is 17.9 Å². The number of carbonyl (C=O) groups excluding carboxylic acids is 1. The molecule has 1 aromatic carbocycles. The van der Waals surface area contributed by atoms with Crippen molar-refractivity contribution in [2.45, 2.75) is 32.4 Å². The van der Waals surface area contributed by atoms with Crippen molar-refractivity contribution in [3.63, 3.8) is 0 Å². The van der Waals surface area contributed by atoms with Crippen molar-refractivity contribution in [3.05, 3.63) is 41.1 Å². The van der Waals surface area contributed by atoms with Crippen LogP contribution in [0.15, 0.2) is 24.3 Å². The molecule has 8 nitrogen and oxygen atoms in total. The quantitative estimate of drug-likeness (QED) is 0.792. The van der Waals surface area contributed by atoms with Gasteiger partial charge in [-0.3, -0.25) is 9.69 Å². The highest BCUT2D eigenvalue weighted by Gasteiger charge is 2.31. The third-order valence-electron chi connectivity index (χ3n) is 5.55. The molecule has 0 radical (unpaired) electrons. The van der Waals surface area contributed by atoms with Crippen LogP contribution >= 0.6 is 0 Å². The molecule has 1 fully saturated rings. The van der Waals surface area contributed by atoms with E-state index >= 15 is 0 Å². The Balaban J connectivity index is 1.42. The van der Waals surface area contributed by atoms with E-state index in [1.165, 1.54) is 11.1 Å². The second-order valence-electron chi connectivity index (χ2n) is 7.82. The van der Waals surface area contributed by atoms with Gasteiger partial charge in [0.05, 0.1) is 36.9 Å². The zero-order valence-corrected chi connectivity index (χ0v) is 17.5. The smallest absolute Gasteiger partial charge is 0.239 e. The SMILES string of the molecule is COc1ccc2c(c1)CN(CC(=O)Nc1cc(C)nn1C1CCS(=O)(=O)C1)CC2. The van der Waals surface area contributed by atoms with Gasteiger partial charge >= 0.3 is 0 Å². The van der Waals surface area contributed by atoms with Crippen LogP contribution in [-0.4, -0.2) is 60.7 Å². The van der Waals surface area contributed by atoms with Gasteiger partial charge in [-0.25, -0.2) is 13.1 Å². The molecule has 1 aromatic heterocycles. The molecule has 2 aromatic rings. The van der Waals surface area contributed by atoms with Crippen molar-refractivity contribution in [3.8, 4) is 5.75 Å². The van der Waals surface area contributed by atoms with Crippen LogP contribution in [0.25, 0.3) is 0 Å². The Kier molecular flexibility index (Phi) is 5.35. The predicted octanol–water partition coefficient (Wildman–Crippen LogP) is 1.56. The highest BCUT2D eigenvalue weighted by Crippen LogP contribution is 2.27. The van der Waals surface area contributed by atoms with E-state index in [4.69, 9.17) is 4.74 Å². The second kappa shape index (κ2) is 7.79. The molecule has 0 spiro atoms. The Morgan fingerprint density at radius 3 is 2.86 bits per heavy atom. The topological polar surface area (TPSA) is 93.5 Å². The number of benzene rings is 1. The number of nitrogens with one attached hydrogen (secondary N) is 1. The fourth-order valence-electron chi connectivity index (χ4n) is 4.10. The molecule has 1 amide bonds. The molecule has 9 heteroatoms. The zero-order chi connectivity index (χ0) is 20.6. The first kappa shape index (κ1) is 19.9. The van der Waals surface area contributed by atoms with E-state index in [0.29, 0.717) is 18.8 Å². The first-order valence-corrected chi connectivity index (χ1v) is 11.6. The molecule has 1 unspecified atom stereocenters. The molecule has 0 aliphatic carbocycles. The Morgan fingerprint density at radius 2 is 2.14 bits per heavy atom. The number of fused-ring (bicyclic) bond motifs is 1. The molecule has 29 heavy (non-hydrogen) atoms. The van der Waals surface area contributed by atoms with Crippen LogP contribution in [0.1, 0.15) is 29.3 Å². The molecule has 3 heterocycles. The third kappa shape index (κ3) is 4.45. The van der Waals surface area contributed by atoms with Crippen molar-refractivity contribution in [2.75, 3.05) is 37.0 Å². The van der Waals surface area contributed by atoms with Gasteiger partial charge in [0.2, 0.25) is 5.91 Å². The molecule has 1 N–H and O–H groups in total. The molecule has 2 aliphatic heterocycles. The second-order valence-corrected chi connectivity index (χ2v) is 10.0. The number of nitrogens with zero attached hydrogens (tertiary/aromatic N) is 3. The summed E-state index contributed by atoms with van der Waals surface area (Å²) in [5, 5.41) is 7.35.